The largest absolute Gasteiger partial charge is 0.422 e. The Morgan fingerprint density at radius 1 is 1.00 bits per heavy atom. The summed E-state index contributed by atoms with van der Waals surface area (Å²) in [6.45, 7) is 2.44. The number of anilines is 1. The molecule has 31 heavy (non-hydrogen) atoms. The predicted molar refractivity (Wildman–Crippen MR) is 111 cm³/mol. The summed E-state index contributed by atoms with van der Waals surface area (Å²) in [5.74, 6) is -3.53. The maximum atomic E-state index is 13.9. The van der Waals surface area contributed by atoms with Crippen LogP contribution in [0.1, 0.15) is 25.0 Å². The van der Waals surface area contributed by atoms with E-state index in [9.17, 15) is 22.5 Å². The van der Waals surface area contributed by atoms with Crippen molar-refractivity contribution in [1.29, 1.82) is 0 Å². The first-order valence-electron chi connectivity index (χ1n) is 9.69. The predicted octanol–water partition coefficient (Wildman–Crippen LogP) is 5.18. The van der Waals surface area contributed by atoms with Gasteiger partial charge in [-0.3, -0.25) is 14.4 Å². The Hall–Kier alpha value is -2.48. The van der Waals surface area contributed by atoms with Crippen LogP contribution < -0.4 is 4.90 Å². The van der Waals surface area contributed by atoms with Gasteiger partial charge in [-0.25, -0.2) is 0 Å². The van der Waals surface area contributed by atoms with Crippen LogP contribution in [0.2, 0.25) is 0 Å². The van der Waals surface area contributed by atoms with Gasteiger partial charge in [0.05, 0.1) is 25.4 Å². The van der Waals surface area contributed by atoms with E-state index in [2.05, 4.69) is 4.99 Å². The van der Waals surface area contributed by atoms with Crippen molar-refractivity contribution in [3.63, 3.8) is 0 Å². The van der Waals surface area contributed by atoms with Gasteiger partial charge in [-0.1, -0.05) is 48.5 Å². The van der Waals surface area contributed by atoms with Crippen molar-refractivity contribution in [1.82, 2.24) is 0 Å². The average molecular weight is 454 g/mol. The Balaban J connectivity index is 2.08. The maximum Gasteiger partial charge on any atom is 0.422 e. The molecule has 0 aromatic heterocycles. The van der Waals surface area contributed by atoms with Crippen molar-refractivity contribution in [3.8, 4) is 0 Å². The minimum Gasteiger partial charge on any atom is -0.307 e. The number of carbonyl (C=O) groups is 1. The Morgan fingerprint density at radius 2 is 1.58 bits per heavy atom. The number of rotatable bonds is 8. The summed E-state index contributed by atoms with van der Waals surface area (Å²) in [6.07, 6.45) is -5.05. The molecule has 0 spiro atoms. The van der Waals surface area contributed by atoms with Gasteiger partial charge < -0.3 is 13.9 Å². The molecule has 0 radical (unpaired) electrons. The molecule has 1 atom stereocenters. The van der Waals surface area contributed by atoms with Gasteiger partial charge in [0, 0.05) is 5.56 Å². The van der Waals surface area contributed by atoms with Crippen LogP contribution in [-0.4, -0.2) is 36.8 Å². The molecular weight excluding hydrogens is 432 g/mol. The van der Waals surface area contributed by atoms with E-state index in [0.29, 0.717) is 5.69 Å². The number of aliphatic imine (C=N–C) groups is 1. The molecule has 0 saturated heterocycles. The van der Waals surface area contributed by atoms with Crippen molar-refractivity contribution in [2.45, 2.75) is 32.4 Å². The van der Waals surface area contributed by atoms with E-state index < -0.39 is 31.2 Å². The molecule has 0 N–H and O–H groups in total. The van der Waals surface area contributed by atoms with E-state index in [1.54, 1.807) is 30.3 Å². The molecular formula is C21H22F3N2O4P. The Morgan fingerprint density at radius 3 is 2.16 bits per heavy atom. The minimum atomic E-state index is -5.05. The summed E-state index contributed by atoms with van der Waals surface area (Å²) < 4.78 is 64.4. The van der Waals surface area contributed by atoms with Crippen LogP contribution >= 0.6 is 7.60 Å². The SMILES string of the molecule is CCOP(=O)(OCC)C(/N=C1/C(=O)N(Cc2ccccc2)c2ccccc21)C(F)(F)F. The molecule has 1 aliphatic heterocycles. The Bertz CT molecular complexity index is 1000. The molecule has 1 aliphatic rings. The average Bonchev–Trinajstić information content (AvgIpc) is 2.98. The monoisotopic (exact) mass is 454 g/mol. The Labute approximate surface area is 178 Å². The molecule has 1 heterocycles. The first-order valence-corrected chi connectivity index (χ1v) is 11.3. The van der Waals surface area contributed by atoms with Crippen molar-refractivity contribution >= 4 is 24.9 Å². The second-order valence-electron chi connectivity index (χ2n) is 6.66. The number of halogens is 3. The van der Waals surface area contributed by atoms with Gasteiger partial charge >= 0.3 is 13.8 Å². The van der Waals surface area contributed by atoms with Crippen molar-refractivity contribution < 1.29 is 31.6 Å². The van der Waals surface area contributed by atoms with Crippen LogP contribution in [0.3, 0.4) is 0 Å². The maximum absolute atomic E-state index is 13.9. The van der Waals surface area contributed by atoms with Crippen LogP contribution in [0.5, 0.6) is 0 Å². The van der Waals surface area contributed by atoms with E-state index in [4.69, 9.17) is 9.05 Å². The smallest absolute Gasteiger partial charge is 0.307 e. The fourth-order valence-corrected chi connectivity index (χ4v) is 4.99. The van der Waals surface area contributed by atoms with Gasteiger partial charge in [-0.15, -0.1) is 0 Å². The van der Waals surface area contributed by atoms with Crippen LogP contribution in [-0.2, 0) is 25.0 Å². The molecule has 3 rings (SSSR count). The van der Waals surface area contributed by atoms with Crippen LogP contribution in [0.25, 0.3) is 0 Å². The van der Waals surface area contributed by atoms with E-state index in [1.165, 1.54) is 24.8 Å². The molecule has 0 fully saturated rings. The number of alkyl halides is 3. The highest BCUT2D eigenvalue weighted by Gasteiger charge is 2.55. The number of amides is 1. The first-order chi connectivity index (χ1) is 14.7. The number of fused-ring (bicyclic) bond motifs is 1. The van der Waals surface area contributed by atoms with Crippen molar-refractivity contribution in [3.05, 3.63) is 65.7 Å². The third-order valence-electron chi connectivity index (χ3n) is 4.54. The summed E-state index contributed by atoms with van der Waals surface area (Å²) in [7, 11) is -4.71. The normalized spacial score (nSPS) is 16.6. The van der Waals surface area contributed by atoms with Crippen LogP contribution in [0, 0.1) is 0 Å². The highest BCUT2D eigenvalue weighted by Crippen LogP contribution is 2.59. The zero-order chi connectivity index (χ0) is 22.6. The highest BCUT2D eigenvalue weighted by molar-refractivity contribution is 7.54. The number of nitrogens with zero attached hydrogens (tertiary/aromatic N) is 2. The van der Waals surface area contributed by atoms with Crippen molar-refractivity contribution in [2.75, 3.05) is 18.1 Å². The van der Waals surface area contributed by atoms with Gasteiger partial charge in [-0.05, 0) is 25.5 Å². The summed E-state index contributed by atoms with van der Waals surface area (Å²) in [5, 5.41) is 0. The molecule has 2 aromatic carbocycles. The topological polar surface area (TPSA) is 68.2 Å². The van der Waals surface area contributed by atoms with Crippen LogP contribution in [0.15, 0.2) is 59.6 Å². The lowest BCUT2D eigenvalue weighted by Gasteiger charge is -2.25. The minimum absolute atomic E-state index is 0.154. The summed E-state index contributed by atoms with van der Waals surface area (Å²) in [4.78, 5) is 18.1. The van der Waals surface area contributed by atoms with Gasteiger partial charge in [0.2, 0.25) is 5.78 Å². The van der Waals surface area contributed by atoms with Gasteiger partial charge in [0.25, 0.3) is 5.91 Å². The third kappa shape index (κ3) is 4.89. The summed E-state index contributed by atoms with van der Waals surface area (Å²) in [5.41, 5.74) is 1.04. The number of hydrogen-bond donors (Lipinski definition) is 0. The quantitative estimate of drug-likeness (QED) is 0.516. The van der Waals surface area contributed by atoms with Gasteiger partial charge in [0.15, 0.2) is 0 Å². The first kappa shape index (κ1) is 23.2. The molecule has 0 aliphatic carbocycles. The molecule has 6 nitrogen and oxygen atoms in total. The standard InChI is InChI=1S/C21H22F3N2O4P/c1-3-29-31(28,30-4-2)20(21(22,23)24)25-18-16-12-8-9-13-17(16)26(19(18)27)14-15-10-6-5-7-11-15/h5-13,20H,3-4,14H2,1-2H3/b25-18+. The second kappa shape index (κ2) is 9.34. The lowest BCUT2D eigenvalue weighted by atomic mass is 10.1. The number of para-hydroxylation sites is 1. The molecule has 2 aromatic rings. The number of benzene rings is 2. The zero-order valence-corrected chi connectivity index (χ0v) is 17.9. The molecule has 1 amide bonds. The summed E-state index contributed by atoms with van der Waals surface area (Å²) >= 11 is 0. The molecule has 0 saturated carbocycles. The fourth-order valence-electron chi connectivity index (χ4n) is 3.29. The van der Waals surface area contributed by atoms with Crippen LogP contribution in [0.4, 0.5) is 18.9 Å². The molecule has 166 valence electrons. The molecule has 1 unspecified atom stereocenters. The van der Waals surface area contributed by atoms with Gasteiger partial charge in [-0.2, -0.15) is 13.2 Å². The van der Waals surface area contributed by atoms with Crippen molar-refractivity contribution in [2.24, 2.45) is 4.99 Å². The number of hydrogen-bond acceptors (Lipinski definition) is 5. The summed E-state index contributed by atoms with van der Waals surface area (Å²) in [6, 6.07) is 15.5. The lowest BCUT2D eigenvalue weighted by Crippen LogP contribution is -2.34. The zero-order valence-electron chi connectivity index (χ0n) is 17.0. The number of carbonyl (C=O) groups excluding carboxylic acids is 1. The Kier molecular flexibility index (Phi) is 6.99. The van der Waals surface area contributed by atoms with E-state index in [0.717, 1.165) is 5.56 Å². The highest BCUT2D eigenvalue weighted by atomic mass is 31.2. The lowest BCUT2D eigenvalue weighted by molar-refractivity contribution is -0.133. The molecule has 10 heteroatoms. The van der Waals surface area contributed by atoms with E-state index >= 15 is 0 Å². The van der Waals surface area contributed by atoms with Gasteiger partial charge in [0.1, 0.15) is 5.71 Å². The third-order valence-corrected chi connectivity index (χ3v) is 6.79. The fraction of sp³-hybridized carbons (Fsp3) is 0.333. The van der Waals surface area contributed by atoms with E-state index in [-0.39, 0.29) is 25.3 Å². The second-order valence-corrected chi connectivity index (χ2v) is 8.75. The molecule has 0 bridgehead atoms. The van der Waals surface area contributed by atoms with E-state index in [1.807, 2.05) is 18.2 Å².